The molecule has 25 heavy (non-hydrogen) atoms. The minimum absolute atomic E-state index is 0.0259. The van der Waals surface area contributed by atoms with Crippen LogP contribution < -0.4 is 5.32 Å². The van der Waals surface area contributed by atoms with E-state index >= 15 is 0 Å². The Bertz CT molecular complexity index is 798. The van der Waals surface area contributed by atoms with Gasteiger partial charge in [0.2, 0.25) is 0 Å². The molecule has 0 bridgehead atoms. The van der Waals surface area contributed by atoms with Gasteiger partial charge in [0, 0.05) is 16.6 Å². The van der Waals surface area contributed by atoms with Crippen LogP contribution in [0.4, 0.5) is 5.69 Å². The number of aromatic nitrogens is 1. The van der Waals surface area contributed by atoms with Gasteiger partial charge in [0.1, 0.15) is 5.56 Å². The van der Waals surface area contributed by atoms with Gasteiger partial charge in [-0.3, -0.25) is 4.79 Å². The number of halogens is 1. The first-order chi connectivity index (χ1) is 11.7. The summed E-state index contributed by atoms with van der Waals surface area (Å²) in [7, 11) is 0. The number of carbonyl (C=O) groups excluding carboxylic acids is 2. The molecule has 0 saturated heterocycles. The van der Waals surface area contributed by atoms with Crippen LogP contribution in [-0.2, 0) is 9.53 Å². The zero-order valence-electron chi connectivity index (χ0n) is 14.8. The van der Waals surface area contributed by atoms with Crippen LogP contribution in [0.2, 0.25) is 5.02 Å². The Labute approximate surface area is 151 Å². The number of esters is 1. The first kappa shape index (κ1) is 19.0. The third-order valence-electron chi connectivity index (χ3n) is 3.73. The molecule has 1 aromatic heterocycles. The van der Waals surface area contributed by atoms with Crippen LogP contribution in [0.15, 0.2) is 22.7 Å². The van der Waals surface area contributed by atoms with E-state index in [0.29, 0.717) is 22.2 Å². The first-order valence-corrected chi connectivity index (χ1v) is 8.32. The third-order valence-corrected chi connectivity index (χ3v) is 3.96. The van der Waals surface area contributed by atoms with E-state index < -0.39 is 18.0 Å². The molecule has 0 spiro atoms. The fraction of sp³-hybridized carbons (Fsp3) is 0.389. The molecule has 7 heteroatoms. The van der Waals surface area contributed by atoms with Gasteiger partial charge in [0.05, 0.1) is 5.69 Å². The zero-order valence-corrected chi connectivity index (χ0v) is 15.6. The molecule has 2 aromatic rings. The molecular weight excluding hydrogens is 344 g/mol. The van der Waals surface area contributed by atoms with Crippen LogP contribution in [0.5, 0.6) is 0 Å². The lowest BCUT2D eigenvalue weighted by Gasteiger charge is -2.15. The van der Waals surface area contributed by atoms with Crippen molar-refractivity contribution in [3.05, 3.63) is 45.8 Å². The maximum atomic E-state index is 12.4. The average molecular weight is 365 g/mol. The van der Waals surface area contributed by atoms with Crippen molar-refractivity contribution in [2.75, 3.05) is 5.32 Å². The standard InChI is InChI=1S/C18H21ClN2O4/c1-9(2)16-15(11(4)21-25-16)18(23)24-12(5)17(22)20-14-8-13(19)7-6-10(14)3/h6-9,12H,1-5H3,(H,20,22)/t12-/m0/s1. The van der Waals surface area contributed by atoms with E-state index in [1.807, 2.05) is 20.8 Å². The van der Waals surface area contributed by atoms with Crippen molar-refractivity contribution >= 4 is 29.2 Å². The van der Waals surface area contributed by atoms with Crippen molar-refractivity contribution in [2.24, 2.45) is 0 Å². The minimum Gasteiger partial charge on any atom is -0.449 e. The number of rotatable bonds is 5. The van der Waals surface area contributed by atoms with Gasteiger partial charge in [-0.1, -0.05) is 36.7 Å². The molecule has 0 saturated carbocycles. The molecule has 6 nitrogen and oxygen atoms in total. The SMILES string of the molecule is Cc1ccc(Cl)cc1NC(=O)[C@H](C)OC(=O)c1c(C)noc1C(C)C. The molecule has 134 valence electrons. The number of aryl methyl sites for hydroxylation is 2. The highest BCUT2D eigenvalue weighted by molar-refractivity contribution is 6.31. The predicted octanol–water partition coefficient (Wildman–Crippen LogP) is 4.25. The maximum Gasteiger partial charge on any atom is 0.344 e. The monoisotopic (exact) mass is 364 g/mol. The van der Waals surface area contributed by atoms with Gasteiger partial charge in [-0.2, -0.15) is 0 Å². The number of nitrogens with zero attached hydrogens (tertiary/aromatic N) is 1. The Morgan fingerprint density at radius 3 is 2.56 bits per heavy atom. The topological polar surface area (TPSA) is 81.4 Å². The summed E-state index contributed by atoms with van der Waals surface area (Å²) < 4.78 is 10.5. The smallest absolute Gasteiger partial charge is 0.344 e. The van der Waals surface area contributed by atoms with Crippen LogP contribution in [-0.4, -0.2) is 23.1 Å². The predicted molar refractivity (Wildman–Crippen MR) is 95.0 cm³/mol. The van der Waals surface area contributed by atoms with Crippen LogP contribution in [0.1, 0.15) is 54.1 Å². The van der Waals surface area contributed by atoms with Crippen LogP contribution in [0.3, 0.4) is 0 Å². The van der Waals surface area contributed by atoms with Crippen LogP contribution in [0, 0.1) is 13.8 Å². The average Bonchev–Trinajstić information content (AvgIpc) is 2.92. The highest BCUT2D eigenvalue weighted by Crippen LogP contribution is 2.24. The fourth-order valence-corrected chi connectivity index (χ4v) is 2.44. The van der Waals surface area contributed by atoms with Crippen molar-refractivity contribution in [3.8, 4) is 0 Å². The second-order valence-corrected chi connectivity index (χ2v) is 6.59. The number of ether oxygens (including phenoxy) is 1. The molecule has 0 aliphatic rings. The van der Waals surface area contributed by atoms with Gasteiger partial charge in [-0.25, -0.2) is 4.79 Å². The minimum atomic E-state index is -0.986. The van der Waals surface area contributed by atoms with E-state index in [1.165, 1.54) is 6.92 Å². The Kier molecular flexibility index (Phi) is 5.85. The van der Waals surface area contributed by atoms with Crippen LogP contribution >= 0.6 is 11.6 Å². The highest BCUT2D eigenvalue weighted by atomic mass is 35.5. The van der Waals surface area contributed by atoms with Crippen molar-refractivity contribution in [3.63, 3.8) is 0 Å². The number of benzene rings is 1. The van der Waals surface area contributed by atoms with Gasteiger partial charge in [-0.05, 0) is 38.5 Å². The summed E-state index contributed by atoms with van der Waals surface area (Å²) in [5.41, 5.74) is 2.14. The molecule has 1 N–H and O–H groups in total. The molecule has 0 unspecified atom stereocenters. The maximum absolute atomic E-state index is 12.4. The van der Waals surface area contributed by atoms with Gasteiger partial charge in [0.15, 0.2) is 11.9 Å². The molecule has 0 aliphatic carbocycles. The van der Waals surface area contributed by atoms with Crippen molar-refractivity contribution in [1.29, 1.82) is 0 Å². The Morgan fingerprint density at radius 2 is 1.92 bits per heavy atom. The molecule has 1 aromatic carbocycles. The van der Waals surface area contributed by atoms with Gasteiger partial charge in [-0.15, -0.1) is 0 Å². The van der Waals surface area contributed by atoms with Crippen molar-refractivity contribution < 1.29 is 18.8 Å². The van der Waals surface area contributed by atoms with Crippen molar-refractivity contribution in [1.82, 2.24) is 5.16 Å². The Hall–Kier alpha value is -2.34. The van der Waals surface area contributed by atoms with E-state index in [4.69, 9.17) is 20.9 Å². The summed E-state index contributed by atoms with van der Waals surface area (Å²) in [6.07, 6.45) is -0.986. The quantitative estimate of drug-likeness (QED) is 0.802. The summed E-state index contributed by atoms with van der Waals surface area (Å²) in [5, 5.41) is 7.03. The fourth-order valence-electron chi connectivity index (χ4n) is 2.27. The van der Waals surface area contributed by atoms with Crippen LogP contribution in [0.25, 0.3) is 0 Å². The number of anilines is 1. The largest absolute Gasteiger partial charge is 0.449 e. The molecule has 0 fully saturated rings. The first-order valence-electron chi connectivity index (χ1n) is 7.94. The Morgan fingerprint density at radius 1 is 1.24 bits per heavy atom. The van der Waals surface area contributed by atoms with Gasteiger partial charge in [0.25, 0.3) is 5.91 Å². The number of hydrogen-bond acceptors (Lipinski definition) is 5. The van der Waals surface area contributed by atoms with E-state index in [0.717, 1.165) is 5.56 Å². The Balaban J connectivity index is 2.10. The molecule has 1 amide bonds. The summed E-state index contributed by atoms with van der Waals surface area (Å²) >= 11 is 5.94. The molecular formula is C18H21ClN2O4. The molecule has 0 aliphatic heterocycles. The van der Waals surface area contributed by atoms with E-state index in [2.05, 4.69) is 10.5 Å². The van der Waals surface area contributed by atoms with Crippen molar-refractivity contribution in [2.45, 2.75) is 46.6 Å². The summed E-state index contributed by atoms with van der Waals surface area (Å²) in [6.45, 7) is 8.78. The molecule has 0 radical (unpaired) electrons. The second-order valence-electron chi connectivity index (χ2n) is 6.16. The molecule has 2 rings (SSSR count). The lowest BCUT2D eigenvalue weighted by atomic mass is 10.1. The number of hydrogen-bond donors (Lipinski definition) is 1. The zero-order chi connectivity index (χ0) is 18.7. The number of amides is 1. The highest BCUT2D eigenvalue weighted by Gasteiger charge is 2.27. The third kappa shape index (κ3) is 4.39. The molecule has 1 atom stereocenters. The molecule has 1 heterocycles. The lowest BCUT2D eigenvalue weighted by molar-refractivity contribution is -0.123. The number of carbonyl (C=O) groups is 2. The normalized spacial score (nSPS) is 12.1. The summed E-state index contributed by atoms with van der Waals surface area (Å²) in [6, 6.07) is 5.17. The van der Waals surface area contributed by atoms with Gasteiger partial charge < -0.3 is 14.6 Å². The lowest BCUT2D eigenvalue weighted by Crippen LogP contribution is -2.30. The van der Waals surface area contributed by atoms with E-state index in [-0.39, 0.29) is 11.5 Å². The van der Waals surface area contributed by atoms with E-state index in [9.17, 15) is 9.59 Å². The number of nitrogens with one attached hydrogen (secondary N) is 1. The van der Waals surface area contributed by atoms with Gasteiger partial charge >= 0.3 is 5.97 Å². The van der Waals surface area contributed by atoms with E-state index in [1.54, 1.807) is 25.1 Å². The summed E-state index contributed by atoms with van der Waals surface area (Å²) in [5.74, 6) is -0.658. The second kappa shape index (κ2) is 7.70. The summed E-state index contributed by atoms with van der Waals surface area (Å²) in [4.78, 5) is 24.7.